The number of halogens is 4. The van der Waals surface area contributed by atoms with Crippen LogP contribution in [-0.4, -0.2) is 24.5 Å². The SMILES string of the molecule is Cc1c(CNc2cnn(-c3ccc(C(F)(F)F)cn3)c(=O)c2Cl)cnn1C. The van der Waals surface area contributed by atoms with Crippen LogP contribution in [-0.2, 0) is 19.8 Å². The second-order valence-corrected chi connectivity index (χ2v) is 6.10. The zero-order valence-corrected chi connectivity index (χ0v) is 15.0. The molecule has 1 N–H and O–H groups in total. The summed E-state index contributed by atoms with van der Waals surface area (Å²) in [6.07, 6.45) is -0.875. The lowest BCUT2D eigenvalue weighted by molar-refractivity contribution is -0.137. The van der Waals surface area contributed by atoms with Crippen LogP contribution >= 0.6 is 11.6 Å². The van der Waals surface area contributed by atoms with Crippen molar-refractivity contribution in [3.63, 3.8) is 0 Å². The molecule has 0 fully saturated rings. The normalized spacial score (nSPS) is 11.6. The van der Waals surface area contributed by atoms with Crippen molar-refractivity contribution in [2.75, 3.05) is 5.32 Å². The van der Waals surface area contributed by atoms with E-state index in [2.05, 4.69) is 20.5 Å². The Labute approximate surface area is 156 Å². The molecule has 3 aromatic rings. The van der Waals surface area contributed by atoms with Crippen molar-refractivity contribution in [3.05, 3.63) is 62.9 Å². The summed E-state index contributed by atoms with van der Waals surface area (Å²) in [7, 11) is 1.81. The average molecular weight is 399 g/mol. The van der Waals surface area contributed by atoms with Crippen LogP contribution in [0.4, 0.5) is 18.9 Å². The number of nitrogens with one attached hydrogen (secondary N) is 1. The van der Waals surface area contributed by atoms with Crippen molar-refractivity contribution in [1.29, 1.82) is 0 Å². The summed E-state index contributed by atoms with van der Waals surface area (Å²) in [5, 5.41) is 10.9. The molecule has 0 unspecified atom stereocenters. The maximum atomic E-state index is 12.6. The third-order valence-electron chi connectivity index (χ3n) is 4.02. The highest BCUT2D eigenvalue weighted by molar-refractivity contribution is 6.32. The molecule has 0 radical (unpaired) electrons. The minimum atomic E-state index is -4.51. The van der Waals surface area contributed by atoms with Gasteiger partial charge in [-0.15, -0.1) is 0 Å². The molecule has 0 bridgehead atoms. The Morgan fingerprint density at radius 2 is 1.93 bits per heavy atom. The molecule has 0 aliphatic rings. The number of aryl methyl sites for hydroxylation is 1. The van der Waals surface area contributed by atoms with Crippen LogP contribution in [0.2, 0.25) is 5.02 Å². The van der Waals surface area contributed by atoms with Gasteiger partial charge in [0.15, 0.2) is 5.82 Å². The highest BCUT2D eigenvalue weighted by Gasteiger charge is 2.30. The van der Waals surface area contributed by atoms with Crippen molar-refractivity contribution in [3.8, 4) is 5.82 Å². The smallest absolute Gasteiger partial charge is 0.378 e. The van der Waals surface area contributed by atoms with Gasteiger partial charge >= 0.3 is 6.18 Å². The molecule has 142 valence electrons. The summed E-state index contributed by atoms with van der Waals surface area (Å²) >= 11 is 6.10. The van der Waals surface area contributed by atoms with Crippen molar-refractivity contribution >= 4 is 17.3 Å². The van der Waals surface area contributed by atoms with E-state index in [9.17, 15) is 18.0 Å². The van der Waals surface area contributed by atoms with Crippen molar-refractivity contribution in [2.45, 2.75) is 19.6 Å². The quantitative estimate of drug-likeness (QED) is 0.731. The van der Waals surface area contributed by atoms with E-state index < -0.39 is 17.3 Å². The fourth-order valence-electron chi connectivity index (χ4n) is 2.31. The lowest BCUT2D eigenvalue weighted by atomic mass is 10.2. The minimum absolute atomic E-state index is 0.0652. The van der Waals surface area contributed by atoms with Gasteiger partial charge in [-0.1, -0.05) is 11.6 Å². The molecule has 0 aromatic carbocycles. The van der Waals surface area contributed by atoms with Crippen LogP contribution in [0.1, 0.15) is 16.8 Å². The Morgan fingerprint density at radius 1 is 1.19 bits per heavy atom. The van der Waals surface area contributed by atoms with E-state index in [0.717, 1.165) is 28.1 Å². The number of nitrogens with zero attached hydrogens (tertiary/aromatic N) is 5. The van der Waals surface area contributed by atoms with Gasteiger partial charge in [-0.3, -0.25) is 9.48 Å². The molecule has 7 nitrogen and oxygen atoms in total. The Hall–Kier alpha value is -2.88. The summed E-state index contributed by atoms with van der Waals surface area (Å²) in [6.45, 7) is 2.28. The van der Waals surface area contributed by atoms with E-state index in [1.165, 1.54) is 6.20 Å². The average Bonchev–Trinajstić information content (AvgIpc) is 2.94. The number of anilines is 1. The Bertz CT molecular complexity index is 1030. The Kier molecular flexibility index (Phi) is 4.92. The standard InChI is InChI=1S/C16H14ClF3N6O/c1-9-10(6-23-25(9)2)5-21-12-8-24-26(15(27)14(12)17)13-4-3-11(7-22-13)16(18,19)20/h3-4,6-8,21H,5H2,1-2H3. The molecule has 3 heterocycles. The van der Waals surface area contributed by atoms with Crippen LogP contribution in [0.25, 0.3) is 5.82 Å². The van der Waals surface area contributed by atoms with E-state index in [0.29, 0.717) is 18.4 Å². The summed E-state index contributed by atoms with van der Waals surface area (Å²) in [4.78, 5) is 16.0. The van der Waals surface area contributed by atoms with Crippen LogP contribution in [0.15, 0.2) is 35.5 Å². The van der Waals surface area contributed by atoms with Gasteiger partial charge in [0.2, 0.25) is 0 Å². The van der Waals surface area contributed by atoms with Crippen LogP contribution in [0, 0.1) is 6.92 Å². The van der Waals surface area contributed by atoms with Crippen molar-refractivity contribution in [1.82, 2.24) is 24.5 Å². The maximum Gasteiger partial charge on any atom is 0.417 e. The summed E-state index contributed by atoms with van der Waals surface area (Å²) in [5.74, 6) is -0.0652. The molecule has 0 saturated carbocycles. The van der Waals surface area contributed by atoms with Gasteiger partial charge in [-0.25, -0.2) is 4.98 Å². The second kappa shape index (κ2) is 7.03. The third kappa shape index (κ3) is 3.80. The first-order chi connectivity index (χ1) is 12.7. The number of aromatic nitrogens is 5. The van der Waals surface area contributed by atoms with E-state index in [4.69, 9.17) is 11.6 Å². The molecule has 0 spiro atoms. The van der Waals surface area contributed by atoms with Crippen molar-refractivity contribution in [2.24, 2.45) is 7.05 Å². The second-order valence-electron chi connectivity index (χ2n) is 5.72. The largest absolute Gasteiger partial charge is 0.417 e. The zero-order chi connectivity index (χ0) is 19.8. The number of hydrogen-bond acceptors (Lipinski definition) is 5. The van der Waals surface area contributed by atoms with Gasteiger partial charge in [-0.05, 0) is 19.1 Å². The first-order valence-corrected chi connectivity index (χ1v) is 8.09. The topological polar surface area (TPSA) is 77.6 Å². The van der Waals surface area contributed by atoms with Crippen LogP contribution in [0.5, 0.6) is 0 Å². The summed E-state index contributed by atoms with van der Waals surface area (Å²) in [5.41, 5.74) is 0.552. The van der Waals surface area contributed by atoms with E-state index in [1.807, 2.05) is 14.0 Å². The molecule has 3 rings (SSSR count). The highest BCUT2D eigenvalue weighted by atomic mass is 35.5. The minimum Gasteiger partial charge on any atom is -0.378 e. The molecule has 27 heavy (non-hydrogen) atoms. The molecule has 0 atom stereocenters. The van der Waals surface area contributed by atoms with Gasteiger partial charge in [0, 0.05) is 31.0 Å². The van der Waals surface area contributed by atoms with Crippen LogP contribution in [0.3, 0.4) is 0 Å². The van der Waals surface area contributed by atoms with Crippen LogP contribution < -0.4 is 10.9 Å². The first kappa shape index (κ1) is 18.9. The fourth-order valence-corrected chi connectivity index (χ4v) is 2.50. The monoisotopic (exact) mass is 398 g/mol. The predicted octanol–water partition coefficient (Wildman–Crippen LogP) is 2.95. The van der Waals surface area contributed by atoms with Crippen molar-refractivity contribution < 1.29 is 13.2 Å². The molecular weight excluding hydrogens is 385 g/mol. The lowest BCUT2D eigenvalue weighted by Gasteiger charge is -2.11. The lowest BCUT2D eigenvalue weighted by Crippen LogP contribution is -2.23. The first-order valence-electron chi connectivity index (χ1n) is 7.71. The van der Waals surface area contributed by atoms with Gasteiger partial charge in [-0.2, -0.15) is 28.1 Å². The maximum absolute atomic E-state index is 12.6. The van der Waals surface area contributed by atoms with Gasteiger partial charge < -0.3 is 5.32 Å². The summed E-state index contributed by atoms with van der Waals surface area (Å²) < 4.78 is 40.4. The van der Waals surface area contributed by atoms with Gasteiger partial charge in [0.05, 0.1) is 23.6 Å². The molecule has 0 amide bonds. The summed E-state index contributed by atoms with van der Waals surface area (Å²) in [6, 6.07) is 1.88. The fraction of sp³-hybridized carbons (Fsp3) is 0.250. The van der Waals surface area contributed by atoms with Gasteiger partial charge in [0.1, 0.15) is 5.02 Å². The molecule has 0 aliphatic heterocycles. The zero-order valence-electron chi connectivity index (χ0n) is 14.3. The third-order valence-corrected chi connectivity index (χ3v) is 4.38. The number of hydrogen-bond donors (Lipinski definition) is 1. The van der Waals surface area contributed by atoms with E-state index >= 15 is 0 Å². The predicted molar refractivity (Wildman–Crippen MR) is 92.9 cm³/mol. The number of alkyl halides is 3. The molecule has 0 aliphatic carbocycles. The van der Waals surface area contributed by atoms with E-state index in [1.54, 1.807) is 10.9 Å². The Balaban J connectivity index is 1.84. The van der Waals surface area contributed by atoms with Gasteiger partial charge in [0.25, 0.3) is 5.56 Å². The molecule has 3 aromatic heterocycles. The highest BCUT2D eigenvalue weighted by Crippen LogP contribution is 2.28. The molecular formula is C16H14ClF3N6O. The molecule has 0 saturated heterocycles. The van der Waals surface area contributed by atoms with E-state index in [-0.39, 0.29) is 10.8 Å². The Morgan fingerprint density at radius 3 is 2.48 bits per heavy atom. The number of rotatable bonds is 4. The number of pyridine rings is 1. The molecule has 11 heteroatoms.